The second-order valence-corrected chi connectivity index (χ2v) is 4.70. The average molecular weight is 223 g/mol. The molecule has 88 valence electrons. The van der Waals surface area contributed by atoms with Crippen LogP contribution in [0.4, 0.5) is 0 Å². The Morgan fingerprint density at radius 1 is 1.69 bits per heavy atom. The smallest absolute Gasteiger partial charge is 0.241 e. The Morgan fingerprint density at radius 2 is 2.44 bits per heavy atom. The third-order valence-corrected chi connectivity index (χ3v) is 2.92. The summed E-state index contributed by atoms with van der Waals surface area (Å²) < 4.78 is 1.51. The summed E-state index contributed by atoms with van der Waals surface area (Å²) in [7, 11) is 0. The van der Waals surface area contributed by atoms with Crippen molar-refractivity contribution in [1.29, 1.82) is 0 Å². The van der Waals surface area contributed by atoms with Crippen LogP contribution in [0, 0.1) is 5.41 Å². The van der Waals surface area contributed by atoms with Crippen molar-refractivity contribution in [3.63, 3.8) is 0 Å². The van der Waals surface area contributed by atoms with Gasteiger partial charge in [-0.25, -0.2) is 4.68 Å². The van der Waals surface area contributed by atoms with Gasteiger partial charge in [0.25, 0.3) is 0 Å². The second kappa shape index (κ2) is 4.21. The maximum atomic E-state index is 11.6. The first-order chi connectivity index (χ1) is 7.61. The Hall–Kier alpha value is -1.43. The quantitative estimate of drug-likeness (QED) is 0.714. The number of nitrogens with zero attached hydrogens (tertiary/aromatic N) is 3. The highest BCUT2D eigenvalue weighted by Gasteiger charge is 2.37. The molecule has 1 aliphatic carbocycles. The van der Waals surface area contributed by atoms with E-state index in [1.165, 1.54) is 17.5 Å². The van der Waals surface area contributed by atoms with Gasteiger partial charge in [-0.3, -0.25) is 4.79 Å². The van der Waals surface area contributed by atoms with E-state index in [-0.39, 0.29) is 12.5 Å². The Labute approximate surface area is 94.2 Å². The summed E-state index contributed by atoms with van der Waals surface area (Å²) in [6.07, 6.45) is 4.10. The number of hydrogen-bond donors (Lipinski definition) is 2. The highest BCUT2D eigenvalue weighted by atomic mass is 16.2. The van der Waals surface area contributed by atoms with E-state index in [0.29, 0.717) is 17.7 Å². The van der Waals surface area contributed by atoms with E-state index in [0.717, 1.165) is 6.54 Å². The Balaban J connectivity index is 1.77. The Bertz CT molecular complexity index is 382. The van der Waals surface area contributed by atoms with Gasteiger partial charge >= 0.3 is 0 Å². The largest absolute Gasteiger partial charge is 0.354 e. The average Bonchev–Trinajstić information content (AvgIpc) is 2.83. The normalized spacial score (nSPS) is 17.1. The minimum atomic E-state index is -0.0263. The number of nitrogens with one attached hydrogen (secondary N) is 1. The van der Waals surface area contributed by atoms with Crippen molar-refractivity contribution in [3.05, 3.63) is 11.9 Å². The maximum Gasteiger partial charge on any atom is 0.241 e. The fourth-order valence-corrected chi connectivity index (χ4v) is 1.41. The zero-order chi connectivity index (χ0) is 11.6. The minimum Gasteiger partial charge on any atom is -0.354 e. The zero-order valence-electron chi connectivity index (χ0n) is 9.44. The summed E-state index contributed by atoms with van der Waals surface area (Å²) in [5.41, 5.74) is 6.43. The molecule has 0 atom stereocenters. The third-order valence-electron chi connectivity index (χ3n) is 2.92. The molecule has 0 radical (unpaired) electrons. The number of carbonyl (C=O) groups is 1. The van der Waals surface area contributed by atoms with Gasteiger partial charge < -0.3 is 11.1 Å². The van der Waals surface area contributed by atoms with Crippen LogP contribution in [0.15, 0.2) is 6.20 Å². The number of hydrogen-bond acceptors (Lipinski definition) is 4. The van der Waals surface area contributed by atoms with Crippen LogP contribution in [0.5, 0.6) is 0 Å². The van der Waals surface area contributed by atoms with Crippen LogP contribution in [0.25, 0.3) is 0 Å². The molecule has 1 fully saturated rings. The van der Waals surface area contributed by atoms with Gasteiger partial charge in [0.15, 0.2) is 0 Å². The monoisotopic (exact) mass is 223 g/mol. The van der Waals surface area contributed by atoms with E-state index < -0.39 is 0 Å². The van der Waals surface area contributed by atoms with Gasteiger partial charge in [-0.1, -0.05) is 12.1 Å². The highest BCUT2D eigenvalue weighted by Crippen LogP contribution is 2.43. The van der Waals surface area contributed by atoms with Gasteiger partial charge in [-0.05, 0) is 18.3 Å². The SMILES string of the molecule is CC1(CNC(=O)Cn2cc(CN)nn2)CC1. The summed E-state index contributed by atoms with van der Waals surface area (Å²) >= 11 is 0. The lowest BCUT2D eigenvalue weighted by molar-refractivity contribution is -0.122. The molecule has 1 amide bonds. The molecule has 1 saturated carbocycles. The molecular weight excluding hydrogens is 206 g/mol. The molecule has 1 heterocycles. The molecule has 0 bridgehead atoms. The van der Waals surface area contributed by atoms with Crippen LogP contribution in [0.3, 0.4) is 0 Å². The van der Waals surface area contributed by atoms with Gasteiger partial charge in [-0.15, -0.1) is 5.10 Å². The number of rotatable bonds is 5. The Kier molecular flexibility index (Phi) is 2.91. The van der Waals surface area contributed by atoms with E-state index in [1.807, 2.05) is 0 Å². The van der Waals surface area contributed by atoms with Crippen molar-refractivity contribution in [3.8, 4) is 0 Å². The molecule has 1 aliphatic rings. The summed E-state index contributed by atoms with van der Waals surface area (Å²) in [6.45, 7) is 3.49. The topological polar surface area (TPSA) is 85.8 Å². The highest BCUT2D eigenvalue weighted by molar-refractivity contribution is 5.75. The number of nitrogens with two attached hydrogens (primary N) is 1. The minimum absolute atomic E-state index is 0.0263. The molecular formula is C10H17N5O. The van der Waals surface area contributed by atoms with Crippen molar-refractivity contribution in [2.45, 2.75) is 32.9 Å². The first-order valence-electron chi connectivity index (χ1n) is 5.47. The van der Waals surface area contributed by atoms with Crippen molar-refractivity contribution in [2.75, 3.05) is 6.54 Å². The molecule has 0 unspecified atom stereocenters. The second-order valence-electron chi connectivity index (χ2n) is 4.70. The lowest BCUT2D eigenvalue weighted by Crippen LogP contribution is -2.32. The van der Waals surface area contributed by atoms with Crippen molar-refractivity contribution >= 4 is 5.91 Å². The number of aromatic nitrogens is 3. The van der Waals surface area contributed by atoms with E-state index in [1.54, 1.807) is 6.20 Å². The van der Waals surface area contributed by atoms with Crippen LogP contribution in [0.2, 0.25) is 0 Å². The zero-order valence-corrected chi connectivity index (χ0v) is 9.44. The molecule has 6 nitrogen and oxygen atoms in total. The van der Waals surface area contributed by atoms with Gasteiger partial charge in [-0.2, -0.15) is 0 Å². The molecule has 0 aliphatic heterocycles. The molecule has 16 heavy (non-hydrogen) atoms. The fraction of sp³-hybridized carbons (Fsp3) is 0.700. The van der Waals surface area contributed by atoms with Crippen LogP contribution in [-0.2, 0) is 17.9 Å². The van der Waals surface area contributed by atoms with E-state index in [2.05, 4.69) is 22.6 Å². The first kappa shape index (κ1) is 11.1. The lowest BCUT2D eigenvalue weighted by Gasteiger charge is -2.09. The number of carbonyl (C=O) groups excluding carboxylic acids is 1. The van der Waals surface area contributed by atoms with E-state index >= 15 is 0 Å². The van der Waals surface area contributed by atoms with E-state index in [4.69, 9.17) is 5.73 Å². The predicted octanol–water partition coefficient (Wildman–Crippen LogP) is -0.347. The van der Waals surface area contributed by atoms with Gasteiger partial charge in [0.2, 0.25) is 5.91 Å². The fourth-order valence-electron chi connectivity index (χ4n) is 1.41. The maximum absolute atomic E-state index is 11.6. The van der Waals surface area contributed by atoms with Crippen molar-refractivity contribution < 1.29 is 4.79 Å². The van der Waals surface area contributed by atoms with Crippen LogP contribution < -0.4 is 11.1 Å². The van der Waals surface area contributed by atoms with Gasteiger partial charge in [0.1, 0.15) is 6.54 Å². The molecule has 0 aromatic carbocycles. The van der Waals surface area contributed by atoms with Crippen LogP contribution in [-0.4, -0.2) is 27.4 Å². The molecule has 0 spiro atoms. The summed E-state index contributed by atoms with van der Waals surface area (Å²) in [6, 6.07) is 0. The van der Waals surface area contributed by atoms with Gasteiger partial charge in [0.05, 0.1) is 11.9 Å². The Morgan fingerprint density at radius 3 is 3.00 bits per heavy atom. The van der Waals surface area contributed by atoms with Crippen molar-refractivity contribution in [2.24, 2.45) is 11.1 Å². The molecule has 1 aromatic rings. The first-order valence-corrected chi connectivity index (χ1v) is 5.47. The van der Waals surface area contributed by atoms with Gasteiger partial charge in [0, 0.05) is 13.1 Å². The molecule has 6 heteroatoms. The summed E-state index contributed by atoms with van der Waals surface area (Å²) in [4.78, 5) is 11.6. The summed E-state index contributed by atoms with van der Waals surface area (Å²) in [5, 5.41) is 10.5. The third kappa shape index (κ3) is 2.79. The van der Waals surface area contributed by atoms with Crippen LogP contribution in [0.1, 0.15) is 25.5 Å². The predicted molar refractivity (Wildman–Crippen MR) is 58.3 cm³/mol. The standard InChI is InChI=1S/C10H17N5O/c1-10(2-3-10)7-12-9(16)6-15-5-8(4-11)13-14-15/h5H,2-4,6-7,11H2,1H3,(H,12,16). The number of amides is 1. The molecule has 0 saturated heterocycles. The van der Waals surface area contributed by atoms with Crippen LogP contribution >= 0.6 is 0 Å². The molecule has 1 aromatic heterocycles. The molecule has 3 N–H and O–H groups in total. The van der Waals surface area contributed by atoms with Crippen molar-refractivity contribution in [1.82, 2.24) is 20.3 Å². The van der Waals surface area contributed by atoms with E-state index in [9.17, 15) is 4.79 Å². The molecule has 2 rings (SSSR count). The lowest BCUT2D eigenvalue weighted by atomic mass is 10.1. The summed E-state index contributed by atoms with van der Waals surface area (Å²) in [5.74, 6) is -0.0263.